The summed E-state index contributed by atoms with van der Waals surface area (Å²) in [4.78, 5) is 14.7. The number of rotatable bonds is 9. The van der Waals surface area contributed by atoms with Crippen LogP contribution in [0.25, 0.3) is 0 Å². The Morgan fingerprint density at radius 1 is 1.00 bits per heavy atom. The SMILES string of the molecule is Cc1cccc(Cl)c1N(CCOc1ccccc1)C(=N)C(C)CC(=O)c1ccc(Cl)cc1Cl. The maximum Gasteiger partial charge on any atom is 0.165 e. The molecule has 172 valence electrons. The first-order chi connectivity index (χ1) is 15.8. The first kappa shape index (κ1) is 25.1. The van der Waals surface area contributed by atoms with Crippen molar-refractivity contribution in [3.8, 4) is 5.75 Å². The summed E-state index contributed by atoms with van der Waals surface area (Å²) in [5.74, 6) is 0.503. The number of nitrogens with one attached hydrogen (secondary N) is 1. The van der Waals surface area contributed by atoms with Gasteiger partial charge in [0.15, 0.2) is 5.78 Å². The van der Waals surface area contributed by atoms with Crippen molar-refractivity contribution in [3.05, 3.63) is 92.9 Å². The van der Waals surface area contributed by atoms with Gasteiger partial charge in [0.05, 0.1) is 22.3 Å². The van der Waals surface area contributed by atoms with Crippen molar-refractivity contribution in [1.82, 2.24) is 0 Å². The molecule has 3 rings (SSSR count). The van der Waals surface area contributed by atoms with Crippen molar-refractivity contribution in [3.63, 3.8) is 0 Å². The van der Waals surface area contributed by atoms with Gasteiger partial charge in [-0.2, -0.15) is 0 Å². The molecule has 1 atom stereocenters. The zero-order valence-corrected chi connectivity index (χ0v) is 20.7. The molecule has 1 N–H and O–H groups in total. The fourth-order valence-corrected chi connectivity index (χ4v) is 4.39. The number of amidine groups is 1. The molecule has 0 amide bonds. The molecule has 4 nitrogen and oxygen atoms in total. The third kappa shape index (κ3) is 6.50. The minimum atomic E-state index is -0.378. The second-order valence-electron chi connectivity index (χ2n) is 7.76. The number of hydrogen-bond acceptors (Lipinski definition) is 3. The van der Waals surface area contributed by atoms with Crippen LogP contribution >= 0.6 is 34.8 Å². The number of aryl methyl sites for hydroxylation is 1. The molecule has 3 aromatic carbocycles. The summed E-state index contributed by atoms with van der Waals surface area (Å²) in [5, 5.41) is 10.2. The summed E-state index contributed by atoms with van der Waals surface area (Å²) in [7, 11) is 0. The molecule has 0 fully saturated rings. The Hall–Kier alpha value is -2.53. The zero-order valence-electron chi connectivity index (χ0n) is 18.4. The van der Waals surface area contributed by atoms with Crippen LogP contribution in [0.15, 0.2) is 66.7 Å². The number of ether oxygens (including phenoxy) is 1. The third-order valence-corrected chi connectivity index (χ3v) is 6.12. The number of benzene rings is 3. The first-order valence-corrected chi connectivity index (χ1v) is 11.7. The zero-order chi connectivity index (χ0) is 24.0. The predicted octanol–water partition coefficient (Wildman–Crippen LogP) is 7.73. The van der Waals surface area contributed by atoms with Gasteiger partial charge >= 0.3 is 0 Å². The summed E-state index contributed by atoms with van der Waals surface area (Å²) in [6.45, 7) is 4.55. The number of para-hydroxylation sites is 2. The highest BCUT2D eigenvalue weighted by molar-refractivity contribution is 6.37. The number of Topliss-reactive ketones (excluding diaryl/α,β-unsaturated/α-hetero) is 1. The fourth-order valence-electron chi connectivity index (χ4n) is 3.56. The van der Waals surface area contributed by atoms with E-state index < -0.39 is 0 Å². The van der Waals surface area contributed by atoms with E-state index in [2.05, 4.69) is 0 Å². The van der Waals surface area contributed by atoms with Gasteiger partial charge in [-0.3, -0.25) is 10.2 Å². The summed E-state index contributed by atoms with van der Waals surface area (Å²) < 4.78 is 5.87. The molecule has 0 radical (unpaired) electrons. The molecular formula is C26H25Cl3N2O2. The molecule has 0 spiro atoms. The normalized spacial score (nSPS) is 11.7. The summed E-state index contributed by atoms with van der Waals surface area (Å²) in [5.41, 5.74) is 2.07. The van der Waals surface area contributed by atoms with Gasteiger partial charge in [-0.05, 0) is 48.9 Å². The lowest BCUT2D eigenvalue weighted by Crippen LogP contribution is -2.39. The van der Waals surface area contributed by atoms with E-state index in [-0.39, 0.29) is 24.0 Å². The monoisotopic (exact) mass is 502 g/mol. The molecule has 0 heterocycles. The highest BCUT2D eigenvalue weighted by atomic mass is 35.5. The van der Waals surface area contributed by atoms with Crippen LogP contribution in [0, 0.1) is 18.3 Å². The number of carbonyl (C=O) groups excluding carboxylic acids is 1. The minimum absolute atomic E-state index is 0.125. The number of hydrogen-bond donors (Lipinski definition) is 1. The molecule has 0 aliphatic rings. The van der Waals surface area contributed by atoms with Crippen LogP contribution in [0.1, 0.15) is 29.3 Å². The van der Waals surface area contributed by atoms with E-state index in [0.29, 0.717) is 33.8 Å². The van der Waals surface area contributed by atoms with Crippen LogP contribution in [-0.4, -0.2) is 24.8 Å². The van der Waals surface area contributed by atoms with Crippen molar-refractivity contribution in [2.45, 2.75) is 20.3 Å². The van der Waals surface area contributed by atoms with Gasteiger partial charge < -0.3 is 9.64 Å². The topological polar surface area (TPSA) is 53.4 Å². The van der Waals surface area contributed by atoms with Crippen LogP contribution < -0.4 is 9.64 Å². The standard InChI is InChI=1S/C26H25Cl3N2O2/c1-17-7-6-10-22(28)25(17)31(13-14-33-20-8-4-3-5-9-20)26(30)18(2)15-24(32)21-12-11-19(27)16-23(21)29/h3-12,16,18,30H,13-15H2,1-2H3. The largest absolute Gasteiger partial charge is 0.492 e. The molecule has 33 heavy (non-hydrogen) atoms. The van der Waals surface area contributed by atoms with Gasteiger partial charge in [-0.1, -0.05) is 72.1 Å². The Morgan fingerprint density at radius 3 is 2.39 bits per heavy atom. The van der Waals surface area contributed by atoms with Crippen LogP contribution in [0.2, 0.25) is 15.1 Å². The van der Waals surface area contributed by atoms with E-state index in [0.717, 1.165) is 17.0 Å². The number of halogens is 3. The first-order valence-electron chi connectivity index (χ1n) is 10.5. The van der Waals surface area contributed by atoms with Gasteiger partial charge in [-0.15, -0.1) is 0 Å². The van der Waals surface area contributed by atoms with Gasteiger partial charge in [0.2, 0.25) is 0 Å². The van der Waals surface area contributed by atoms with Crippen molar-refractivity contribution in [2.24, 2.45) is 5.92 Å². The summed E-state index contributed by atoms with van der Waals surface area (Å²) in [6, 6.07) is 19.9. The lowest BCUT2D eigenvalue weighted by molar-refractivity contribution is 0.0974. The number of ketones is 1. The molecule has 1 unspecified atom stereocenters. The van der Waals surface area contributed by atoms with E-state index in [9.17, 15) is 4.79 Å². The van der Waals surface area contributed by atoms with Crippen molar-refractivity contribution in [2.75, 3.05) is 18.1 Å². The van der Waals surface area contributed by atoms with E-state index in [1.807, 2.05) is 61.2 Å². The smallest absolute Gasteiger partial charge is 0.165 e. The van der Waals surface area contributed by atoms with Crippen LogP contribution in [0.5, 0.6) is 5.75 Å². The Kier molecular flexibility index (Phi) is 8.79. The summed E-state index contributed by atoms with van der Waals surface area (Å²) >= 11 is 18.7. The number of nitrogens with zero attached hydrogens (tertiary/aromatic N) is 1. The molecule has 0 aliphatic carbocycles. The molecule has 7 heteroatoms. The van der Waals surface area contributed by atoms with E-state index in [1.54, 1.807) is 24.3 Å². The lowest BCUT2D eigenvalue weighted by atomic mass is 9.97. The van der Waals surface area contributed by atoms with Crippen molar-refractivity contribution >= 4 is 52.1 Å². The van der Waals surface area contributed by atoms with Gasteiger partial charge in [0.25, 0.3) is 0 Å². The van der Waals surface area contributed by atoms with Crippen molar-refractivity contribution < 1.29 is 9.53 Å². The van der Waals surface area contributed by atoms with Crippen LogP contribution in [0.3, 0.4) is 0 Å². The maximum atomic E-state index is 12.9. The maximum absolute atomic E-state index is 12.9. The van der Waals surface area contributed by atoms with Gasteiger partial charge in [-0.25, -0.2) is 0 Å². The molecule has 0 aliphatic heterocycles. The highest BCUT2D eigenvalue weighted by Gasteiger charge is 2.25. The quantitative estimate of drug-likeness (QED) is 0.185. The van der Waals surface area contributed by atoms with Gasteiger partial charge in [0.1, 0.15) is 18.2 Å². The fraction of sp³-hybridized carbons (Fsp3) is 0.231. The second kappa shape index (κ2) is 11.6. The Labute approximate surface area is 209 Å². The van der Waals surface area contributed by atoms with Gasteiger partial charge in [0, 0.05) is 22.9 Å². The van der Waals surface area contributed by atoms with Crippen molar-refractivity contribution in [1.29, 1.82) is 5.41 Å². The Morgan fingerprint density at radius 2 is 1.73 bits per heavy atom. The van der Waals surface area contributed by atoms with E-state index in [1.165, 1.54) is 0 Å². The molecule has 0 saturated carbocycles. The van der Waals surface area contributed by atoms with E-state index >= 15 is 0 Å². The van der Waals surface area contributed by atoms with E-state index in [4.69, 9.17) is 44.9 Å². The molecule has 0 bridgehead atoms. The highest BCUT2D eigenvalue weighted by Crippen LogP contribution is 2.31. The second-order valence-corrected chi connectivity index (χ2v) is 9.01. The molecule has 3 aromatic rings. The summed E-state index contributed by atoms with van der Waals surface area (Å²) in [6.07, 6.45) is 0.125. The van der Waals surface area contributed by atoms with Crippen LogP contribution in [-0.2, 0) is 0 Å². The predicted molar refractivity (Wildman–Crippen MR) is 138 cm³/mol. The third-order valence-electron chi connectivity index (χ3n) is 5.27. The molecular weight excluding hydrogens is 479 g/mol. The Balaban J connectivity index is 1.79. The average Bonchev–Trinajstić information content (AvgIpc) is 2.78. The average molecular weight is 504 g/mol. The molecule has 0 saturated heterocycles. The number of carbonyl (C=O) groups is 1. The minimum Gasteiger partial charge on any atom is -0.492 e. The number of anilines is 1. The lowest BCUT2D eigenvalue weighted by Gasteiger charge is -2.30. The Bertz CT molecular complexity index is 1120. The molecule has 0 aromatic heterocycles. The van der Waals surface area contributed by atoms with Crippen LogP contribution in [0.4, 0.5) is 5.69 Å².